The second kappa shape index (κ2) is 39.0. The summed E-state index contributed by atoms with van der Waals surface area (Å²) in [5.74, 6) is -0.813. The molecule has 2 atom stereocenters. The van der Waals surface area contributed by atoms with E-state index in [1.807, 2.05) is 0 Å². The Morgan fingerprint density at radius 3 is 1.40 bits per heavy atom. The molecular weight excluding hydrogens is 675 g/mol. The van der Waals surface area contributed by atoms with E-state index in [-0.39, 0.29) is 19.0 Å². The number of carbonyl (C=O) groups is 2. The molecule has 9 heteroatoms. The lowest BCUT2D eigenvalue weighted by Crippen LogP contribution is -2.29. The Balaban J connectivity index is 4.02. The summed E-state index contributed by atoms with van der Waals surface area (Å²) in [6.45, 7) is 3.86. The molecule has 0 radical (unpaired) electrons. The SMILES string of the molecule is CCCCC/C=C\C/C=C\C/C=C\CCCCCCCCC(=O)OC(COC(=O)CCCCCCCCCCCCCCCC)COP(=O)(O)OC. The van der Waals surface area contributed by atoms with Gasteiger partial charge in [0, 0.05) is 20.0 Å². The quantitative estimate of drug-likeness (QED) is 0.0286. The van der Waals surface area contributed by atoms with Gasteiger partial charge in [-0.2, -0.15) is 0 Å². The van der Waals surface area contributed by atoms with E-state index in [9.17, 15) is 19.0 Å². The highest BCUT2D eigenvalue weighted by Crippen LogP contribution is 2.42. The van der Waals surface area contributed by atoms with Crippen molar-refractivity contribution >= 4 is 19.8 Å². The fourth-order valence-electron chi connectivity index (χ4n) is 5.84. The van der Waals surface area contributed by atoms with E-state index in [0.717, 1.165) is 71.3 Å². The predicted octanol–water partition coefficient (Wildman–Crippen LogP) is 13.2. The summed E-state index contributed by atoms with van der Waals surface area (Å²) in [5, 5.41) is 0. The molecule has 0 aliphatic heterocycles. The van der Waals surface area contributed by atoms with E-state index in [1.54, 1.807) is 0 Å². The number of phosphoric acid groups is 1. The van der Waals surface area contributed by atoms with Gasteiger partial charge in [-0.1, -0.05) is 172 Å². The van der Waals surface area contributed by atoms with Crippen LogP contribution in [0.1, 0.15) is 200 Å². The molecule has 0 amide bonds. The Hall–Kier alpha value is -1.73. The van der Waals surface area contributed by atoms with Crippen molar-refractivity contribution < 1.29 is 37.6 Å². The largest absolute Gasteiger partial charge is 0.472 e. The van der Waals surface area contributed by atoms with Gasteiger partial charge >= 0.3 is 19.8 Å². The fraction of sp³-hybridized carbons (Fsp3) is 0.814. The molecule has 0 aliphatic rings. The normalized spacial score (nSPS) is 13.7. The molecule has 0 heterocycles. The van der Waals surface area contributed by atoms with Gasteiger partial charge in [0.25, 0.3) is 0 Å². The van der Waals surface area contributed by atoms with Crippen molar-refractivity contribution in [3.05, 3.63) is 36.5 Å². The van der Waals surface area contributed by atoms with Gasteiger partial charge in [0.1, 0.15) is 6.61 Å². The van der Waals surface area contributed by atoms with Crippen molar-refractivity contribution in [2.24, 2.45) is 0 Å². The Morgan fingerprint density at radius 2 is 0.923 bits per heavy atom. The minimum absolute atomic E-state index is 0.228. The molecule has 0 aromatic rings. The van der Waals surface area contributed by atoms with Crippen LogP contribution in [0.15, 0.2) is 36.5 Å². The number of esters is 2. The van der Waals surface area contributed by atoms with Crippen molar-refractivity contribution in [2.75, 3.05) is 20.3 Å². The van der Waals surface area contributed by atoms with E-state index < -0.39 is 26.5 Å². The lowest BCUT2D eigenvalue weighted by atomic mass is 10.0. The predicted molar refractivity (Wildman–Crippen MR) is 216 cm³/mol. The maximum atomic E-state index is 12.5. The van der Waals surface area contributed by atoms with Crippen LogP contribution in [0.25, 0.3) is 0 Å². The van der Waals surface area contributed by atoms with Crippen molar-refractivity contribution in [1.82, 2.24) is 0 Å². The molecule has 0 aromatic carbocycles. The van der Waals surface area contributed by atoms with Crippen LogP contribution in [-0.4, -0.2) is 43.3 Å². The molecule has 0 saturated heterocycles. The summed E-state index contributed by atoms with van der Waals surface area (Å²) in [4.78, 5) is 34.4. The first kappa shape index (κ1) is 50.3. The molecule has 0 aromatic heterocycles. The summed E-state index contributed by atoms with van der Waals surface area (Å²) in [7, 11) is -3.20. The number of allylic oxidation sites excluding steroid dienone is 6. The lowest BCUT2D eigenvalue weighted by Gasteiger charge is -2.19. The zero-order chi connectivity index (χ0) is 38.2. The summed E-state index contributed by atoms with van der Waals surface area (Å²) in [6.07, 6.45) is 44.7. The van der Waals surface area contributed by atoms with Gasteiger partial charge in [-0.05, 0) is 51.4 Å². The highest BCUT2D eigenvalue weighted by Gasteiger charge is 2.24. The van der Waals surface area contributed by atoms with Gasteiger partial charge in [-0.15, -0.1) is 0 Å². The van der Waals surface area contributed by atoms with Gasteiger partial charge in [0.05, 0.1) is 6.61 Å². The van der Waals surface area contributed by atoms with E-state index >= 15 is 0 Å². The molecule has 52 heavy (non-hydrogen) atoms. The molecule has 8 nitrogen and oxygen atoms in total. The smallest absolute Gasteiger partial charge is 0.462 e. The number of unbranched alkanes of at least 4 members (excludes halogenated alkanes) is 22. The second-order valence-corrected chi connectivity index (χ2v) is 15.7. The van der Waals surface area contributed by atoms with E-state index in [2.05, 4.69) is 54.8 Å². The van der Waals surface area contributed by atoms with Crippen LogP contribution in [0.4, 0.5) is 0 Å². The second-order valence-electron chi connectivity index (χ2n) is 14.1. The average molecular weight is 755 g/mol. The molecule has 2 unspecified atom stereocenters. The molecule has 0 rings (SSSR count). The zero-order valence-corrected chi connectivity index (χ0v) is 34.6. The van der Waals surface area contributed by atoms with Gasteiger partial charge < -0.3 is 14.4 Å². The standard InChI is InChI=1S/C43H79O8P/c1-4-6-8-10-12-14-16-18-20-21-22-23-24-26-28-30-32-34-36-38-43(45)51-41(40-50-52(46,47)48-3)39-49-42(44)37-35-33-31-29-27-25-19-17-15-13-11-9-7-5-2/h12,14,18,20,22-23,41H,4-11,13,15-17,19,21,24-40H2,1-3H3,(H,46,47)/b14-12-,20-18-,23-22-. The molecule has 0 saturated carbocycles. The summed E-state index contributed by atoms with van der Waals surface area (Å²) in [6, 6.07) is 0. The first-order valence-corrected chi connectivity index (χ1v) is 22.7. The van der Waals surface area contributed by atoms with Crippen molar-refractivity contribution in [2.45, 2.75) is 206 Å². The number of phosphoric ester groups is 1. The van der Waals surface area contributed by atoms with Crippen LogP contribution in [0.5, 0.6) is 0 Å². The molecule has 1 N–H and O–H groups in total. The highest BCUT2D eigenvalue weighted by atomic mass is 31.2. The molecule has 0 aliphatic carbocycles. The van der Waals surface area contributed by atoms with E-state index in [1.165, 1.54) is 103 Å². The van der Waals surface area contributed by atoms with Gasteiger partial charge in [-0.25, -0.2) is 4.57 Å². The third-order valence-electron chi connectivity index (χ3n) is 9.14. The van der Waals surface area contributed by atoms with Crippen LogP contribution in [0, 0.1) is 0 Å². The molecular formula is C43H79O8P. The molecule has 0 bridgehead atoms. The van der Waals surface area contributed by atoms with Crippen LogP contribution in [-0.2, 0) is 32.7 Å². The minimum atomic E-state index is -4.26. The first-order valence-electron chi connectivity index (χ1n) is 21.2. The van der Waals surface area contributed by atoms with Crippen LogP contribution >= 0.6 is 7.82 Å². The highest BCUT2D eigenvalue weighted by molar-refractivity contribution is 7.47. The third kappa shape index (κ3) is 38.0. The first-order chi connectivity index (χ1) is 25.3. The van der Waals surface area contributed by atoms with Gasteiger partial charge in [0.2, 0.25) is 0 Å². The fourth-order valence-corrected chi connectivity index (χ4v) is 6.30. The van der Waals surface area contributed by atoms with Crippen molar-refractivity contribution in [3.8, 4) is 0 Å². The lowest BCUT2D eigenvalue weighted by molar-refractivity contribution is -0.161. The van der Waals surface area contributed by atoms with Gasteiger partial charge in [0.15, 0.2) is 6.10 Å². The number of hydrogen-bond donors (Lipinski definition) is 1. The Kier molecular flexibility index (Phi) is 37.7. The van der Waals surface area contributed by atoms with Gasteiger partial charge in [-0.3, -0.25) is 18.6 Å². The third-order valence-corrected chi connectivity index (χ3v) is 10.1. The topological polar surface area (TPSA) is 108 Å². The maximum absolute atomic E-state index is 12.5. The summed E-state index contributed by atoms with van der Waals surface area (Å²) >= 11 is 0. The average Bonchev–Trinajstić information content (AvgIpc) is 3.13. The number of rotatable bonds is 39. The maximum Gasteiger partial charge on any atom is 0.472 e. The number of ether oxygens (including phenoxy) is 2. The minimum Gasteiger partial charge on any atom is -0.462 e. The monoisotopic (exact) mass is 755 g/mol. The number of carbonyl (C=O) groups excluding carboxylic acids is 2. The number of hydrogen-bond acceptors (Lipinski definition) is 7. The molecule has 0 fully saturated rings. The molecule has 304 valence electrons. The van der Waals surface area contributed by atoms with Crippen molar-refractivity contribution in [3.63, 3.8) is 0 Å². The summed E-state index contributed by atoms with van der Waals surface area (Å²) in [5.41, 5.74) is 0. The van der Waals surface area contributed by atoms with Crippen LogP contribution in [0.2, 0.25) is 0 Å². The Bertz CT molecular complexity index is 947. The van der Waals surface area contributed by atoms with Crippen molar-refractivity contribution in [1.29, 1.82) is 0 Å². The Labute approximate surface area is 319 Å². The Morgan fingerprint density at radius 1 is 0.538 bits per heavy atom. The van der Waals surface area contributed by atoms with Crippen LogP contribution < -0.4 is 0 Å². The zero-order valence-electron chi connectivity index (χ0n) is 33.7. The van der Waals surface area contributed by atoms with E-state index in [0.29, 0.717) is 12.8 Å². The summed E-state index contributed by atoms with van der Waals surface area (Å²) < 4.78 is 32.0. The van der Waals surface area contributed by atoms with E-state index in [4.69, 9.17) is 14.0 Å². The molecule has 0 spiro atoms. The van der Waals surface area contributed by atoms with Crippen LogP contribution in [0.3, 0.4) is 0 Å².